The van der Waals surface area contributed by atoms with Crippen LogP contribution in [0.4, 0.5) is 13.2 Å². The van der Waals surface area contributed by atoms with Gasteiger partial charge in [-0.1, -0.05) is 12.1 Å². The highest BCUT2D eigenvalue weighted by molar-refractivity contribution is 5.95. The van der Waals surface area contributed by atoms with Gasteiger partial charge in [-0.3, -0.25) is 9.69 Å². The molecular formula is C25H31F3N4O3. The smallest absolute Gasteiger partial charge is 0.406 e. The predicted octanol–water partition coefficient (Wildman–Crippen LogP) is 4.15. The Hall–Kier alpha value is -2.59. The minimum absolute atomic E-state index is 0.0746. The van der Waals surface area contributed by atoms with Crippen LogP contribution in [0.5, 0.6) is 5.75 Å². The molecule has 1 unspecified atom stereocenters. The van der Waals surface area contributed by atoms with E-state index in [9.17, 15) is 23.1 Å². The number of likely N-dealkylation sites (tertiary alicyclic amines) is 2. The fraction of sp³-hybridized carbons (Fsp3) is 0.600. The number of benzene rings is 1. The lowest BCUT2D eigenvalue weighted by Crippen LogP contribution is -2.49. The molecule has 2 aliphatic heterocycles. The highest BCUT2D eigenvalue weighted by atomic mass is 19.4. The molecule has 3 aliphatic rings. The molecule has 0 spiro atoms. The molecule has 1 atom stereocenters. The number of alkyl halides is 3. The Kier molecular flexibility index (Phi) is 6.52. The second kappa shape index (κ2) is 9.46. The number of aromatic nitrogens is 2. The fourth-order valence-electron chi connectivity index (χ4n) is 5.61. The van der Waals surface area contributed by atoms with Crippen LogP contribution in [-0.4, -0.2) is 75.1 Å². The van der Waals surface area contributed by atoms with E-state index in [0.717, 1.165) is 45.1 Å². The van der Waals surface area contributed by atoms with Crippen LogP contribution in [0.2, 0.25) is 0 Å². The highest BCUT2D eigenvalue weighted by Crippen LogP contribution is 2.41. The molecule has 1 saturated carbocycles. The second-order valence-electron chi connectivity index (χ2n) is 9.79. The predicted molar refractivity (Wildman–Crippen MR) is 123 cm³/mol. The maximum Gasteiger partial charge on any atom is 0.573 e. The number of hydrogen-bond donors (Lipinski definition) is 1. The molecule has 5 rings (SSSR count). The molecule has 1 amide bonds. The summed E-state index contributed by atoms with van der Waals surface area (Å²) >= 11 is 0. The van der Waals surface area contributed by atoms with Crippen molar-refractivity contribution >= 4 is 5.91 Å². The molecule has 1 aliphatic carbocycles. The van der Waals surface area contributed by atoms with Crippen molar-refractivity contribution in [3.8, 4) is 17.1 Å². The minimum atomic E-state index is -4.78. The molecule has 35 heavy (non-hydrogen) atoms. The Morgan fingerprint density at radius 1 is 1.11 bits per heavy atom. The summed E-state index contributed by atoms with van der Waals surface area (Å²) in [6, 6.07) is 6.48. The van der Waals surface area contributed by atoms with Gasteiger partial charge in [-0.05, 0) is 64.1 Å². The third-order valence-electron chi connectivity index (χ3n) is 7.38. The van der Waals surface area contributed by atoms with Gasteiger partial charge in [0.15, 0.2) is 0 Å². The number of aryl methyl sites for hydroxylation is 1. The molecule has 10 heteroatoms. The zero-order valence-electron chi connectivity index (χ0n) is 19.8. The summed E-state index contributed by atoms with van der Waals surface area (Å²) in [6.07, 6.45) is 0.878. The quantitative estimate of drug-likeness (QED) is 0.656. The van der Waals surface area contributed by atoms with Crippen molar-refractivity contribution in [3.63, 3.8) is 0 Å². The molecule has 1 aromatic carbocycles. The van der Waals surface area contributed by atoms with Crippen molar-refractivity contribution in [2.24, 2.45) is 0 Å². The number of imidazole rings is 1. The normalized spacial score (nSPS) is 22.1. The first-order chi connectivity index (χ1) is 16.7. The Labute approximate surface area is 202 Å². The highest BCUT2D eigenvalue weighted by Gasteiger charge is 2.38. The second-order valence-corrected chi connectivity index (χ2v) is 9.79. The van der Waals surface area contributed by atoms with E-state index in [4.69, 9.17) is 0 Å². The summed E-state index contributed by atoms with van der Waals surface area (Å²) < 4.78 is 44.2. The minimum Gasteiger partial charge on any atom is -0.406 e. The van der Waals surface area contributed by atoms with Gasteiger partial charge in [-0.15, -0.1) is 13.2 Å². The Bertz CT molecular complexity index is 1070. The summed E-state index contributed by atoms with van der Waals surface area (Å²) in [7, 11) is 0. The number of carbonyl (C=O) groups excluding carboxylic acids is 1. The van der Waals surface area contributed by atoms with Gasteiger partial charge in [0.05, 0.1) is 12.3 Å². The van der Waals surface area contributed by atoms with Crippen LogP contribution in [0.1, 0.15) is 60.7 Å². The van der Waals surface area contributed by atoms with Gasteiger partial charge in [-0.25, -0.2) is 4.98 Å². The average Bonchev–Trinajstić information content (AvgIpc) is 3.44. The molecule has 0 bridgehead atoms. The number of ether oxygens (including phenoxy) is 1. The Morgan fingerprint density at radius 3 is 2.51 bits per heavy atom. The molecule has 3 heterocycles. The van der Waals surface area contributed by atoms with Crippen LogP contribution in [0.25, 0.3) is 11.4 Å². The van der Waals surface area contributed by atoms with Crippen LogP contribution in [0.3, 0.4) is 0 Å². The van der Waals surface area contributed by atoms with Gasteiger partial charge >= 0.3 is 6.36 Å². The molecule has 0 radical (unpaired) electrons. The van der Waals surface area contributed by atoms with Crippen LogP contribution in [-0.2, 0) is 0 Å². The summed E-state index contributed by atoms with van der Waals surface area (Å²) in [6.45, 7) is 4.23. The number of carbonyl (C=O) groups is 1. The van der Waals surface area contributed by atoms with Crippen LogP contribution >= 0.6 is 0 Å². The number of nitrogens with zero attached hydrogens (tertiary/aromatic N) is 4. The van der Waals surface area contributed by atoms with Crippen LogP contribution in [0, 0.1) is 6.92 Å². The van der Waals surface area contributed by atoms with Crippen molar-refractivity contribution in [2.75, 3.05) is 26.2 Å². The molecule has 1 aromatic heterocycles. The SMILES string of the molecule is Cc1nc(-c2cccc(OC(F)(F)F)c2)n(C2CC2)c1C(=O)N1CCC(N2CCCC2CO)CC1. The van der Waals surface area contributed by atoms with Gasteiger partial charge in [0.2, 0.25) is 0 Å². The molecule has 2 aromatic rings. The molecule has 7 nitrogen and oxygen atoms in total. The van der Waals surface area contributed by atoms with E-state index in [1.54, 1.807) is 13.0 Å². The van der Waals surface area contributed by atoms with Gasteiger partial charge in [0.25, 0.3) is 5.91 Å². The number of halogens is 3. The van der Waals surface area contributed by atoms with Crippen LogP contribution < -0.4 is 4.74 Å². The van der Waals surface area contributed by atoms with E-state index in [1.165, 1.54) is 18.2 Å². The summed E-state index contributed by atoms with van der Waals surface area (Å²) in [5, 5.41) is 9.66. The zero-order valence-corrected chi connectivity index (χ0v) is 19.8. The lowest BCUT2D eigenvalue weighted by molar-refractivity contribution is -0.274. The standard InChI is InChI=1S/C25H31F3N4O3/c1-16-22(24(34)30-12-9-18(10-13-30)31-11-3-5-20(31)15-33)32(19-7-8-19)23(29-16)17-4-2-6-21(14-17)35-25(26,27)28/h2,4,6,14,18-20,33H,3,5,7-13,15H2,1H3. The summed E-state index contributed by atoms with van der Waals surface area (Å²) in [4.78, 5) is 22.6. The lowest BCUT2D eigenvalue weighted by atomic mass is 10.0. The van der Waals surface area contributed by atoms with E-state index in [2.05, 4.69) is 14.6 Å². The third kappa shape index (κ3) is 5.04. The first-order valence-electron chi connectivity index (χ1n) is 12.4. The van der Waals surface area contributed by atoms with Crippen molar-refractivity contribution in [3.05, 3.63) is 35.7 Å². The van der Waals surface area contributed by atoms with Gasteiger partial charge in [0, 0.05) is 36.8 Å². The topological polar surface area (TPSA) is 70.8 Å². The molecule has 190 valence electrons. The Balaban J connectivity index is 1.37. The summed E-state index contributed by atoms with van der Waals surface area (Å²) in [5.74, 6) is 0.115. The molecule has 3 fully saturated rings. The van der Waals surface area contributed by atoms with Crippen LogP contribution in [0.15, 0.2) is 24.3 Å². The van der Waals surface area contributed by atoms with E-state index >= 15 is 0 Å². The van der Waals surface area contributed by atoms with E-state index in [1.807, 2.05) is 9.47 Å². The third-order valence-corrected chi connectivity index (χ3v) is 7.38. The van der Waals surface area contributed by atoms with E-state index in [0.29, 0.717) is 41.9 Å². The first kappa shape index (κ1) is 24.1. The van der Waals surface area contributed by atoms with Gasteiger partial charge < -0.3 is 19.3 Å². The number of hydrogen-bond acceptors (Lipinski definition) is 5. The van der Waals surface area contributed by atoms with E-state index < -0.39 is 6.36 Å². The van der Waals surface area contributed by atoms with Gasteiger partial charge in [0.1, 0.15) is 17.3 Å². The number of aliphatic hydroxyl groups excluding tert-OH is 1. The molecular weight excluding hydrogens is 461 g/mol. The van der Waals surface area contributed by atoms with Crippen molar-refractivity contribution < 1.29 is 27.8 Å². The average molecular weight is 493 g/mol. The number of aliphatic hydroxyl groups is 1. The van der Waals surface area contributed by atoms with Crippen molar-refractivity contribution in [2.45, 2.75) is 69.9 Å². The first-order valence-corrected chi connectivity index (χ1v) is 12.4. The molecule has 2 saturated heterocycles. The zero-order chi connectivity index (χ0) is 24.7. The lowest BCUT2D eigenvalue weighted by Gasteiger charge is -2.39. The molecule has 1 N–H and O–H groups in total. The van der Waals surface area contributed by atoms with Gasteiger partial charge in [-0.2, -0.15) is 0 Å². The number of piperidine rings is 1. The Morgan fingerprint density at radius 2 is 1.86 bits per heavy atom. The largest absolute Gasteiger partial charge is 0.573 e. The van der Waals surface area contributed by atoms with Crippen molar-refractivity contribution in [1.82, 2.24) is 19.4 Å². The fourth-order valence-corrected chi connectivity index (χ4v) is 5.61. The summed E-state index contributed by atoms with van der Waals surface area (Å²) in [5.41, 5.74) is 1.60. The maximum absolute atomic E-state index is 13.7. The maximum atomic E-state index is 13.7. The van der Waals surface area contributed by atoms with E-state index in [-0.39, 0.29) is 30.3 Å². The monoisotopic (exact) mass is 492 g/mol. The number of amides is 1. The number of rotatable bonds is 6. The van der Waals surface area contributed by atoms with Crippen molar-refractivity contribution in [1.29, 1.82) is 0 Å².